The summed E-state index contributed by atoms with van der Waals surface area (Å²) in [6, 6.07) is 0. The Kier molecular flexibility index (Phi) is 5.89. The largest absolute Gasteiger partial charge is 0.358 e. The minimum atomic E-state index is -3.72. The highest BCUT2D eigenvalue weighted by atomic mass is 32.2. The molecule has 11 heteroatoms. The topological polar surface area (TPSA) is 122 Å². The fourth-order valence-electron chi connectivity index (χ4n) is 2.49. The van der Waals surface area contributed by atoms with Crippen LogP contribution in [-0.4, -0.2) is 42.3 Å². The van der Waals surface area contributed by atoms with Gasteiger partial charge < -0.3 is 5.32 Å². The van der Waals surface area contributed by atoms with Gasteiger partial charge in [0.2, 0.25) is 15.9 Å². The summed E-state index contributed by atoms with van der Waals surface area (Å²) in [6.45, 7) is -0.255. The zero-order chi connectivity index (χ0) is 17.7. The first-order chi connectivity index (χ1) is 11.3. The van der Waals surface area contributed by atoms with Gasteiger partial charge in [0.05, 0.1) is 11.4 Å². The first-order valence-corrected chi connectivity index (χ1v) is 9.12. The molecule has 1 saturated carbocycles. The Morgan fingerprint density at radius 1 is 1.33 bits per heavy atom. The normalized spacial score (nSPS) is 15.9. The Balaban J connectivity index is 1.98. The number of carbonyl (C=O) groups excluding carboxylic acids is 2. The molecule has 0 radical (unpaired) electrons. The second-order valence-electron chi connectivity index (χ2n) is 5.56. The quantitative estimate of drug-likeness (QED) is 0.599. The summed E-state index contributed by atoms with van der Waals surface area (Å²) in [5.74, 6) is -2.39. The highest BCUT2D eigenvalue weighted by Gasteiger charge is 2.28. The van der Waals surface area contributed by atoms with E-state index < -0.39 is 38.6 Å². The molecule has 24 heavy (non-hydrogen) atoms. The molecule has 9 nitrogen and oxygen atoms in total. The van der Waals surface area contributed by atoms with Crippen molar-refractivity contribution in [3.8, 4) is 0 Å². The van der Waals surface area contributed by atoms with Gasteiger partial charge >= 0.3 is 0 Å². The fourth-order valence-corrected chi connectivity index (χ4v) is 3.85. The third-order valence-corrected chi connectivity index (χ3v) is 5.55. The standard InChI is InChI=1S/C13H20FN5O4S/c1-15-11(20)8-19-7-10(14)12(17-19)13(21)16-18-24(22,23)9-5-3-2-4-6-9/h7,9,18H,2-6,8H2,1H3,(H,15,20)(H,16,21). The third kappa shape index (κ3) is 4.51. The number of likely N-dealkylation sites (N-methyl/N-ethyl adjacent to an activating group) is 1. The fraction of sp³-hybridized carbons (Fsp3) is 0.615. The average Bonchev–Trinajstić information content (AvgIpc) is 2.93. The maximum atomic E-state index is 13.7. The molecule has 3 N–H and O–H groups in total. The minimum absolute atomic E-state index is 0.255. The molecule has 1 aliphatic rings. The molecule has 1 fully saturated rings. The number of amides is 2. The van der Waals surface area contributed by atoms with Gasteiger partial charge in [-0.1, -0.05) is 19.3 Å². The number of sulfonamides is 1. The van der Waals surface area contributed by atoms with E-state index in [9.17, 15) is 22.4 Å². The zero-order valence-corrected chi connectivity index (χ0v) is 14.0. The van der Waals surface area contributed by atoms with Crippen LogP contribution in [0, 0.1) is 5.82 Å². The number of nitrogens with one attached hydrogen (secondary N) is 3. The summed E-state index contributed by atoms with van der Waals surface area (Å²) < 4.78 is 38.9. The van der Waals surface area contributed by atoms with Crippen LogP contribution in [0.1, 0.15) is 42.6 Å². The molecule has 0 aliphatic heterocycles. The lowest BCUT2D eigenvalue weighted by Gasteiger charge is -2.21. The Morgan fingerprint density at radius 3 is 2.62 bits per heavy atom. The van der Waals surface area contributed by atoms with Crippen LogP contribution in [0.4, 0.5) is 4.39 Å². The second kappa shape index (κ2) is 7.71. The number of aromatic nitrogens is 2. The summed E-state index contributed by atoms with van der Waals surface area (Å²) in [5, 5.41) is 5.42. The Morgan fingerprint density at radius 2 is 2.00 bits per heavy atom. The van der Waals surface area contributed by atoms with Gasteiger partial charge in [-0.2, -0.15) is 5.10 Å². The van der Waals surface area contributed by atoms with E-state index >= 15 is 0 Å². The van der Waals surface area contributed by atoms with Crippen LogP contribution in [0.5, 0.6) is 0 Å². The summed E-state index contributed by atoms with van der Waals surface area (Å²) in [6.07, 6.45) is 4.57. The number of nitrogens with zero attached hydrogens (tertiary/aromatic N) is 2. The van der Waals surface area contributed by atoms with Crippen LogP contribution in [0.3, 0.4) is 0 Å². The van der Waals surface area contributed by atoms with Crippen molar-refractivity contribution >= 4 is 21.8 Å². The summed E-state index contributed by atoms with van der Waals surface area (Å²) in [5.41, 5.74) is 1.37. The molecule has 2 rings (SSSR count). The van der Waals surface area contributed by atoms with Gasteiger partial charge in [0, 0.05) is 7.05 Å². The van der Waals surface area contributed by atoms with Gasteiger partial charge in [0.1, 0.15) is 6.54 Å². The highest BCUT2D eigenvalue weighted by Crippen LogP contribution is 2.22. The second-order valence-corrected chi connectivity index (χ2v) is 7.52. The third-order valence-electron chi connectivity index (χ3n) is 3.81. The molecule has 0 spiro atoms. The predicted octanol–water partition coefficient (Wildman–Crippen LogP) is -0.335. The van der Waals surface area contributed by atoms with Gasteiger partial charge in [0.25, 0.3) is 5.91 Å². The molecule has 0 atom stereocenters. The van der Waals surface area contributed by atoms with Gasteiger partial charge in [-0.15, -0.1) is 4.83 Å². The number of halogens is 1. The summed E-state index contributed by atoms with van der Waals surface area (Å²) in [7, 11) is -2.31. The molecule has 0 aromatic carbocycles. The SMILES string of the molecule is CNC(=O)Cn1cc(F)c(C(=O)NNS(=O)(=O)C2CCCCC2)n1. The van der Waals surface area contributed by atoms with Crippen molar-refractivity contribution in [1.29, 1.82) is 0 Å². The van der Waals surface area contributed by atoms with Crippen molar-refractivity contribution in [2.24, 2.45) is 0 Å². The molecular weight excluding hydrogens is 341 g/mol. The van der Waals surface area contributed by atoms with E-state index in [1.54, 1.807) is 0 Å². The number of hydrogen-bond donors (Lipinski definition) is 3. The molecule has 0 unspecified atom stereocenters. The van der Waals surface area contributed by atoms with Gasteiger partial charge in [-0.05, 0) is 12.8 Å². The van der Waals surface area contributed by atoms with E-state index in [1.165, 1.54) is 7.05 Å². The van der Waals surface area contributed by atoms with Crippen LogP contribution >= 0.6 is 0 Å². The van der Waals surface area contributed by atoms with E-state index in [4.69, 9.17) is 0 Å². The van der Waals surface area contributed by atoms with Crippen LogP contribution in [0.2, 0.25) is 0 Å². The lowest BCUT2D eigenvalue weighted by molar-refractivity contribution is -0.121. The first kappa shape index (κ1) is 18.3. The monoisotopic (exact) mass is 361 g/mol. The van der Waals surface area contributed by atoms with Crippen molar-refractivity contribution in [3.63, 3.8) is 0 Å². The molecule has 134 valence electrons. The van der Waals surface area contributed by atoms with Crippen molar-refractivity contribution in [2.75, 3.05) is 7.05 Å². The molecule has 2 amide bonds. The van der Waals surface area contributed by atoms with E-state index in [-0.39, 0.29) is 6.54 Å². The van der Waals surface area contributed by atoms with Crippen LogP contribution < -0.4 is 15.6 Å². The Hall–Kier alpha value is -2.01. The molecule has 1 aromatic rings. The molecule has 0 saturated heterocycles. The van der Waals surface area contributed by atoms with E-state index in [2.05, 4.69) is 10.4 Å². The summed E-state index contributed by atoms with van der Waals surface area (Å²) in [4.78, 5) is 25.1. The zero-order valence-electron chi connectivity index (χ0n) is 13.2. The van der Waals surface area contributed by atoms with Gasteiger partial charge in [0.15, 0.2) is 11.5 Å². The summed E-state index contributed by atoms with van der Waals surface area (Å²) >= 11 is 0. The van der Waals surface area contributed by atoms with E-state index in [0.717, 1.165) is 30.1 Å². The predicted molar refractivity (Wildman–Crippen MR) is 82.6 cm³/mol. The van der Waals surface area contributed by atoms with Crippen molar-refractivity contribution in [1.82, 2.24) is 25.4 Å². The van der Waals surface area contributed by atoms with Crippen molar-refractivity contribution in [3.05, 3.63) is 17.7 Å². The lowest BCUT2D eigenvalue weighted by Crippen LogP contribution is -2.46. The van der Waals surface area contributed by atoms with E-state index in [0.29, 0.717) is 12.8 Å². The lowest BCUT2D eigenvalue weighted by atomic mass is 10.0. The van der Waals surface area contributed by atoms with Gasteiger partial charge in [-0.3, -0.25) is 19.7 Å². The minimum Gasteiger partial charge on any atom is -0.358 e. The van der Waals surface area contributed by atoms with Gasteiger partial charge in [-0.25, -0.2) is 12.8 Å². The average molecular weight is 361 g/mol. The molecule has 1 heterocycles. The maximum absolute atomic E-state index is 13.7. The van der Waals surface area contributed by atoms with Crippen LogP contribution in [-0.2, 0) is 21.4 Å². The molecule has 1 aromatic heterocycles. The molecular formula is C13H20FN5O4S. The molecule has 0 bridgehead atoms. The first-order valence-electron chi connectivity index (χ1n) is 7.58. The van der Waals surface area contributed by atoms with Crippen LogP contribution in [0.25, 0.3) is 0 Å². The Bertz CT molecular complexity index is 712. The van der Waals surface area contributed by atoms with Crippen molar-refractivity contribution < 1.29 is 22.4 Å². The smallest absolute Gasteiger partial charge is 0.289 e. The van der Waals surface area contributed by atoms with E-state index in [1.807, 2.05) is 10.3 Å². The number of hydrogen-bond acceptors (Lipinski definition) is 5. The van der Waals surface area contributed by atoms with Crippen molar-refractivity contribution in [2.45, 2.75) is 43.9 Å². The highest BCUT2D eigenvalue weighted by molar-refractivity contribution is 7.90. The molecule has 1 aliphatic carbocycles. The Labute approximate surface area is 139 Å². The number of carbonyl (C=O) groups is 2. The van der Waals surface area contributed by atoms with Crippen LogP contribution in [0.15, 0.2) is 6.20 Å². The maximum Gasteiger partial charge on any atom is 0.289 e. The number of rotatable bonds is 6. The number of hydrazine groups is 1.